The average Bonchev–Trinajstić information content (AvgIpc) is 3.59. The quantitative estimate of drug-likeness (QED) is 0.591. The minimum absolute atomic E-state index is 0.0328. The number of ether oxygens (including phenoxy) is 1. The number of hydrogen-bond acceptors (Lipinski definition) is 4. The summed E-state index contributed by atoms with van der Waals surface area (Å²) in [6.07, 6.45) is 7.78. The molecule has 1 saturated carbocycles. The Balaban J connectivity index is 1.48. The maximum atomic E-state index is 13.9. The van der Waals surface area contributed by atoms with Crippen molar-refractivity contribution in [3.05, 3.63) is 53.0 Å². The second-order valence-corrected chi connectivity index (χ2v) is 8.96. The number of para-hydroxylation sites is 1. The number of nitrogens with zero attached hydrogens (tertiary/aromatic N) is 5. The van der Waals surface area contributed by atoms with Gasteiger partial charge in [-0.2, -0.15) is 10.2 Å². The zero-order chi connectivity index (χ0) is 22.2. The zero-order valence-corrected chi connectivity index (χ0v) is 19.2. The Hall–Kier alpha value is -3.09. The largest absolute Gasteiger partial charge is 0.496 e. The molecule has 2 aliphatic rings. The predicted octanol–water partition coefficient (Wildman–Crippen LogP) is 3.90. The van der Waals surface area contributed by atoms with Crippen molar-refractivity contribution in [2.75, 3.05) is 7.11 Å². The SMILES string of the molecule is COc1ccccc1-c1cc(C(=O)N(Cc2nn(C)c3c2CCC3)C2CCCC2)n(C)n1. The Kier molecular flexibility index (Phi) is 5.49. The van der Waals surface area contributed by atoms with Crippen molar-refractivity contribution in [2.24, 2.45) is 14.1 Å². The number of aromatic nitrogens is 4. The molecule has 0 radical (unpaired) electrons. The lowest BCUT2D eigenvalue weighted by molar-refractivity contribution is 0.0649. The van der Waals surface area contributed by atoms with E-state index < -0.39 is 0 Å². The predicted molar refractivity (Wildman–Crippen MR) is 123 cm³/mol. The van der Waals surface area contributed by atoms with Gasteiger partial charge in [-0.3, -0.25) is 14.2 Å². The standard InChI is InChI=1S/C25H31N5O2/c1-28-22-13-8-12-18(22)21(27-28)16-30(17-9-4-5-10-17)25(31)23-15-20(26-29(23)2)19-11-6-7-14-24(19)32-3/h6-7,11,14-15,17H,4-5,8-10,12-13,16H2,1-3H3. The fraction of sp³-hybridized carbons (Fsp3) is 0.480. The van der Waals surface area contributed by atoms with E-state index in [1.165, 1.54) is 30.5 Å². The number of methoxy groups -OCH3 is 1. The first-order chi connectivity index (χ1) is 15.6. The van der Waals surface area contributed by atoms with Crippen LogP contribution in [0.25, 0.3) is 11.3 Å². The molecule has 168 valence electrons. The van der Waals surface area contributed by atoms with Gasteiger partial charge in [0.1, 0.15) is 11.4 Å². The molecule has 5 rings (SSSR count). The van der Waals surface area contributed by atoms with Crippen LogP contribution in [0, 0.1) is 0 Å². The Morgan fingerprint density at radius 3 is 2.66 bits per heavy atom. The van der Waals surface area contributed by atoms with Crippen LogP contribution in [-0.2, 0) is 33.5 Å². The van der Waals surface area contributed by atoms with Crippen molar-refractivity contribution in [2.45, 2.75) is 57.5 Å². The number of carbonyl (C=O) groups is 1. The van der Waals surface area contributed by atoms with Gasteiger partial charge in [-0.15, -0.1) is 0 Å². The van der Waals surface area contributed by atoms with Gasteiger partial charge in [0.15, 0.2) is 0 Å². The van der Waals surface area contributed by atoms with Gasteiger partial charge >= 0.3 is 0 Å². The summed E-state index contributed by atoms with van der Waals surface area (Å²) in [5, 5.41) is 9.46. The fourth-order valence-electron chi connectivity index (χ4n) is 5.37. The summed E-state index contributed by atoms with van der Waals surface area (Å²) in [7, 11) is 5.52. The summed E-state index contributed by atoms with van der Waals surface area (Å²) in [6.45, 7) is 0.571. The van der Waals surface area contributed by atoms with Crippen molar-refractivity contribution in [1.82, 2.24) is 24.5 Å². The number of fused-ring (bicyclic) bond motifs is 1. The third-order valence-electron chi connectivity index (χ3n) is 7.03. The van der Waals surface area contributed by atoms with Crippen molar-refractivity contribution >= 4 is 5.91 Å². The van der Waals surface area contributed by atoms with Gasteiger partial charge in [0.2, 0.25) is 0 Å². The normalized spacial score (nSPS) is 15.8. The number of aryl methyl sites for hydroxylation is 2. The van der Waals surface area contributed by atoms with Crippen LogP contribution in [-0.4, -0.2) is 43.5 Å². The van der Waals surface area contributed by atoms with Gasteiger partial charge in [-0.05, 0) is 55.9 Å². The number of rotatable bonds is 6. The minimum Gasteiger partial charge on any atom is -0.496 e. The second-order valence-electron chi connectivity index (χ2n) is 8.96. The van der Waals surface area contributed by atoms with Gasteiger partial charge in [0, 0.05) is 31.4 Å². The number of amides is 1. The molecule has 1 amide bonds. The fourth-order valence-corrected chi connectivity index (χ4v) is 5.37. The van der Waals surface area contributed by atoms with E-state index in [0.29, 0.717) is 12.2 Å². The van der Waals surface area contributed by atoms with Gasteiger partial charge in [-0.25, -0.2) is 0 Å². The molecule has 1 aromatic carbocycles. The third kappa shape index (κ3) is 3.59. The lowest BCUT2D eigenvalue weighted by atomic mass is 10.1. The topological polar surface area (TPSA) is 65.2 Å². The van der Waals surface area contributed by atoms with Crippen LogP contribution in [0.15, 0.2) is 30.3 Å². The molecule has 2 aromatic heterocycles. The molecule has 0 spiro atoms. The number of hydrogen-bond donors (Lipinski definition) is 0. The molecule has 3 aromatic rings. The highest BCUT2D eigenvalue weighted by atomic mass is 16.5. The summed E-state index contributed by atoms with van der Waals surface area (Å²) >= 11 is 0. The van der Waals surface area contributed by atoms with E-state index in [2.05, 4.69) is 10.00 Å². The first-order valence-corrected chi connectivity index (χ1v) is 11.6. The van der Waals surface area contributed by atoms with Crippen LogP contribution in [0.2, 0.25) is 0 Å². The highest BCUT2D eigenvalue weighted by Gasteiger charge is 2.32. The lowest BCUT2D eigenvalue weighted by Gasteiger charge is -2.28. The average molecular weight is 434 g/mol. The third-order valence-corrected chi connectivity index (χ3v) is 7.03. The van der Waals surface area contributed by atoms with E-state index in [-0.39, 0.29) is 11.9 Å². The molecule has 7 heteroatoms. The van der Waals surface area contributed by atoms with E-state index >= 15 is 0 Å². The van der Waals surface area contributed by atoms with Crippen molar-refractivity contribution in [1.29, 1.82) is 0 Å². The molecule has 2 heterocycles. The molecule has 0 saturated heterocycles. The maximum Gasteiger partial charge on any atom is 0.272 e. The van der Waals surface area contributed by atoms with Crippen LogP contribution >= 0.6 is 0 Å². The summed E-state index contributed by atoms with van der Waals surface area (Å²) < 4.78 is 9.22. The summed E-state index contributed by atoms with van der Waals surface area (Å²) in [5.41, 5.74) is 5.98. The Labute approximate surface area is 189 Å². The van der Waals surface area contributed by atoms with Crippen molar-refractivity contribution in [3.8, 4) is 17.0 Å². The monoisotopic (exact) mass is 433 g/mol. The molecule has 7 nitrogen and oxygen atoms in total. The van der Waals surface area contributed by atoms with Crippen LogP contribution < -0.4 is 4.74 Å². The van der Waals surface area contributed by atoms with Gasteiger partial charge in [-0.1, -0.05) is 25.0 Å². The number of carbonyl (C=O) groups excluding carboxylic acids is 1. The molecule has 0 atom stereocenters. The van der Waals surface area contributed by atoms with E-state index in [1.54, 1.807) is 11.8 Å². The molecule has 0 unspecified atom stereocenters. The summed E-state index contributed by atoms with van der Waals surface area (Å²) in [5.74, 6) is 0.784. The summed E-state index contributed by atoms with van der Waals surface area (Å²) in [6, 6.07) is 9.93. The van der Waals surface area contributed by atoms with Crippen molar-refractivity contribution in [3.63, 3.8) is 0 Å². The second kappa shape index (κ2) is 8.45. The van der Waals surface area contributed by atoms with Crippen LogP contribution in [0.4, 0.5) is 0 Å². The highest BCUT2D eigenvalue weighted by molar-refractivity contribution is 5.94. The maximum absolute atomic E-state index is 13.9. The number of benzene rings is 1. The molecule has 1 fully saturated rings. The zero-order valence-electron chi connectivity index (χ0n) is 19.2. The van der Waals surface area contributed by atoms with E-state index in [9.17, 15) is 4.79 Å². The van der Waals surface area contributed by atoms with Crippen LogP contribution in [0.5, 0.6) is 5.75 Å². The highest BCUT2D eigenvalue weighted by Crippen LogP contribution is 2.32. The smallest absolute Gasteiger partial charge is 0.272 e. The molecule has 0 aliphatic heterocycles. The molecular formula is C25H31N5O2. The van der Waals surface area contributed by atoms with Gasteiger partial charge in [0.25, 0.3) is 5.91 Å². The van der Waals surface area contributed by atoms with Gasteiger partial charge in [0.05, 0.1) is 25.0 Å². The molecule has 2 aliphatic carbocycles. The van der Waals surface area contributed by atoms with Gasteiger partial charge < -0.3 is 9.64 Å². The minimum atomic E-state index is 0.0328. The molecule has 32 heavy (non-hydrogen) atoms. The molecule has 0 N–H and O–H groups in total. The Morgan fingerprint density at radius 2 is 1.88 bits per heavy atom. The molecule has 0 bridgehead atoms. The van der Waals surface area contributed by atoms with E-state index in [4.69, 9.17) is 9.84 Å². The first-order valence-electron chi connectivity index (χ1n) is 11.6. The Bertz CT molecular complexity index is 1140. The Morgan fingerprint density at radius 1 is 1.09 bits per heavy atom. The van der Waals surface area contributed by atoms with Crippen LogP contribution in [0.3, 0.4) is 0 Å². The van der Waals surface area contributed by atoms with E-state index in [1.807, 2.05) is 49.1 Å². The van der Waals surface area contributed by atoms with Crippen molar-refractivity contribution < 1.29 is 9.53 Å². The first kappa shape index (κ1) is 20.8. The van der Waals surface area contributed by atoms with E-state index in [0.717, 1.165) is 48.4 Å². The lowest BCUT2D eigenvalue weighted by Crippen LogP contribution is -2.39. The molecular weight excluding hydrogens is 402 g/mol. The summed E-state index contributed by atoms with van der Waals surface area (Å²) in [4.78, 5) is 15.9. The van der Waals surface area contributed by atoms with Crippen LogP contribution in [0.1, 0.15) is 59.5 Å².